The number of aryl methyl sites for hydroxylation is 1. The summed E-state index contributed by atoms with van der Waals surface area (Å²) in [4.78, 5) is 12.8. The number of nitrogens with zero attached hydrogens (tertiary/aromatic N) is 3. The fourth-order valence-corrected chi connectivity index (χ4v) is 4.94. The molecule has 0 radical (unpaired) electrons. The molecule has 1 heterocycles. The first kappa shape index (κ1) is 25.6. The van der Waals surface area contributed by atoms with Crippen LogP contribution in [0.15, 0.2) is 125 Å². The molecule has 9 heteroatoms. The van der Waals surface area contributed by atoms with Crippen molar-refractivity contribution in [2.45, 2.75) is 11.8 Å². The van der Waals surface area contributed by atoms with Crippen LogP contribution in [0.3, 0.4) is 0 Å². The molecule has 0 unspecified atom stereocenters. The monoisotopic (exact) mass is 535 g/mol. The van der Waals surface area contributed by atoms with Gasteiger partial charge in [0.05, 0.1) is 16.8 Å². The van der Waals surface area contributed by atoms with Gasteiger partial charge in [0.25, 0.3) is 15.9 Å². The second-order valence-corrected chi connectivity index (χ2v) is 10.5. The molecule has 5 aromatic rings. The lowest BCUT2D eigenvalue weighted by molar-refractivity contribution is 0.0955. The van der Waals surface area contributed by atoms with Gasteiger partial charge in [-0.2, -0.15) is 10.2 Å². The third-order valence-electron chi connectivity index (χ3n) is 5.91. The average molecular weight is 536 g/mol. The minimum absolute atomic E-state index is 0.154. The van der Waals surface area contributed by atoms with Crippen LogP contribution in [0, 0.1) is 6.92 Å². The second-order valence-electron chi connectivity index (χ2n) is 8.77. The van der Waals surface area contributed by atoms with Crippen LogP contribution in [-0.2, 0) is 10.0 Å². The summed E-state index contributed by atoms with van der Waals surface area (Å²) in [6.07, 6.45) is 3.41. The molecule has 39 heavy (non-hydrogen) atoms. The van der Waals surface area contributed by atoms with Crippen LogP contribution in [0.1, 0.15) is 21.5 Å². The zero-order valence-corrected chi connectivity index (χ0v) is 21.8. The van der Waals surface area contributed by atoms with Gasteiger partial charge in [-0.15, -0.1) is 0 Å². The zero-order chi connectivity index (χ0) is 27.2. The fraction of sp³-hybridized carbons (Fsp3) is 0.0333. The Bertz CT molecular complexity index is 1710. The summed E-state index contributed by atoms with van der Waals surface area (Å²) in [6, 6.07) is 31.9. The standard InChI is InChI=1S/C30H25N5O3S/c1-22-12-14-23(15-13-22)29-25(21-35(33-29)27-8-4-2-5-9-27)20-31-32-30(36)24-16-18-26(19-17-24)34-39(37,38)28-10-6-3-7-11-28/h2-21,34H,1H3,(H,32,36)/b31-20+. The van der Waals surface area contributed by atoms with Crippen molar-refractivity contribution in [1.29, 1.82) is 0 Å². The lowest BCUT2D eigenvalue weighted by Gasteiger charge is -2.08. The van der Waals surface area contributed by atoms with Crippen LogP contribution in [0.4, 0.5) is 5.69 Å². The first-order valence-corrected chi connectivity index (χ1v) is 13.6. The highest BCUT2D eigenvalue weighted by Crippen LogP contribution is 2.23. The van der Waals surface area contributed by atoms with Crippen molar-refractivity contribution < 1.29 is 13.2 Å². The normalized spacial score (nSPS) is 11.4. The van der Waals surface area contributed by atoms with Crippen molar-refractivity contribution in [3.05, 3.63) is 132 Å². The first-order chi connectivity index (χ1) is 18.9. The van der Waals surface area contributed by atoms with Crippen LogP contribution >= 0.6 is 0 Å². The van der Waals surface area contributed by atoms with E-state index >= 15 is 0 Å². The van der Waals surface area contributed by atoms with Gasteiger partial charge < -0.3 is 0 Å². The van der Waals surface area contributed by atoms with Crippen molar-refractivity contribution in [2.75, 3.05) is 4.72 Å². The molecule has 0 saturated carbocycles. The van der Waals surface area contributed by atoms with Gasteiger partial charge >= 0.3 is 0 Å². The Morgan fingerprint density at radius 2 is 1.49 bits per heavy atom. The molecular weight excluding hydrogens is 510 g/mol. The molecule has 0 bridgehead atoms. The van der Waals surface area contributed by atoms with Gasteiger partial charge in [0, 0.05) is 28.6 Å². The van der Waals surface area contributed by atoms with Gasteiger partial charge in [-0.05, 0) is 55.5 Å². The van der Waals surface area contributed by atoms with Gasteiger partial charge in [-0.1, -0.05) is 66.2 Å². The number of amides is 1. The highest BCUT2D eigenvalue weighted by molar-refractivity contribution is 7.92. The quantitative estimate of drug-likeness (QED) is 0.205. The van der Waals surface area contributed by atoms with Gasteiger partial charge in [0.1, 0.15) is 5.69 Å². The molecule has 8 nitrogen and oxygen atoms in total. The fourth-order valence-electron chi connectivity index (χ4n) is 3.86. The second kappa shape index (κ2) is 11.2. The Labute approximate surface area is 226 Å². The van der Waals surface area contributed by atoms with Crippen molar-refractivity contribution in [3.63, 3.8) is 0 Å². The maximum absolute atomic E-state index is 12.7. The van der Waals surface area contributed by atoms with Crippen LogP contribution in [0.5, 0.6) is 0 Å². The number of carbonyl (C=O) groups is 1. The van der Waals surface area contributed by atoms with E-state index < -0.39 is 15.9 Å². The topological polar surface area (TPSA) is 105 Å². The van der Waals surface area contributed by atoms with E-state index in [1.165, 1.54) is 36.4 Å². The minimum Gasteiger partial charge on any atom is -0.280 e. The number of hydrogen-bond donors (Lipinski definition) is 2. The van der Waals surface area contributed by atoms with E-state index in [1.54, 1.807) is 29.1 Å². The van der Waals surface area contributed by atoms with Crippen molar-refractivity contribution in [3.8, 4) is 16.9 Å². The van der Waals surface area contributed by atoms with E-state index in [2.05, 4.69) is 15.2 Å². The first-order valence-electron chi connectivity index (χ1n) is 12.1. The molecule has 0 aliphatic carbocycles. The number of hydrogen-bond acceptors (Lipinski definition) is 5. The molecule has 0 aliphatic heterocycles. The molecule has 194 valence electrons. The lowest BCUT2D eigenvalue weighted by atomic mass is 10.1. The Kier molecular flexibility index (Phi) is 7.33. The van der Waals surface area contributed by atoms with Gasteiger partial charge in [-0.25, -0.2) is 18.5 Å². The number of benzene rings is 4. The largest absolute Gasteiger partial charge is 0.280 e. The summed E-state index contributed by atoms with van der Waals surface area (Å²) in [5, 5.41) is 8.91. The van der Waals surface area contributed by atoms with Crippen LogP contribution < -0.4 is 10.1 Å². The Hall–Kier alpha value is -5.02. The van der Waals surface area contributed by atoms with E-state index in [0.29, 0.717) is 11.3 Å². The maximum Gasteiger partial charge on any atom is 0.271 e. The molecule has 1 amide bonds. The number of hydrazone groups is 1. The molecule has 0 fully saturated rings. The van der Waals surface area contributed by atoms with E-state index in [4.69, 9.17) is 5.10 Å². The number of para-hydroxylation sites is 1. The number of rotatable bonds is 8. The van der Waals surface area contributed by atoms with Crippen molar-refractivity contribution >= 4 is 27.8 Å². The van der Waals surface area contributed by atoms with Crippen LogP contribution in [-0.4, -0.2) is 30.3 Å². The summed E-state index contributed by atoms with van der Waals surface area (Å²) in [5.41, 5.74) is 7.63. The third-order valence-corrected chi connectivity index (χ3v) is 7.31. The molecule has 0 spiro atoms. The Morgan fingerprint density at radius 1 is 0.846 bits per heavy atom. The summed E-state index contributed by atoms with van der Waals surface area (Å²) in [5.74, 6) is -0.434. The smallest absolute Gasteiger partial charge is 0.271 e. The Balaban J connectivity index is 1.31. The summed E-state index contributed by atoms with van der Waals surface area (Å²) in [7, 11) is -3.72. The molecule has 5 rings (SSSR count). The lowest BCUT2D eigenvalue weighted by Crippen LogP contribution is -2.18. The molecule has 2 N–H and O–H groups in total. The SMILES string of the molecule is Cc1ccc(-c2nn(-c3ccccc3)cc2/C=N/NC(=O)c2ccc(NS(=O)(=O)c3ccccc3)cc2)cc1. The summed E-state index contributed by atoms with van der Waals surface area (Å²) >= 11 is 0. The van der Waals surface area contributed by atoms with E-state index in [-0.39, 0.29) is 4.90 Å². The Morgan fingerprint density at radius 3 is 2.15 bits per heavy atom. The summed E-state index contributed by atoms with van der Waals surface area (Å²) in [6.45, 7) is 2.02. The van der Waals surface area contributed by atoms with Crippen molar-refractivity contribution in [1.82, 2.24) is 15.2 Å². The predicted octanol–water partition coefficient (Wildman–Crippen LogP) is 5.41. The highest BCUT2D eigenvalue weighted by Gasteiger charge is 2.14. The summed E-state index contributed by atoms with van der Waals surface area (Å²) < 4.78 is 29.3. The van der Waals surface area contributed by atoms with E-state index in [0.717, 1.165) is 28.1 Å². The van der Waals surface area contributed by atoms with E-state index in [9.17, 15) is 13.2 Å². The number of aromatic nitrogens is 2. The molecular formula is C30H25N5O3S. The molecule has 0 aliphatic rings. The molecule has 1 aromatic heterocycles. The van der Waals surface area contributed by atoms with Gasteiger partial charge in [0.15, 0.2) is 0 Å². The molecule has 0 atom stereocenters. The highest BCUT2D eigenvalue weighted by atomic mass is 32.2. The zero-order valence-electron chi connectivity index (χ0n) is 21.0. The van der Waals surface area contributed by atoms with Crippen LogP contribution in [0.2, 0.25) is 0 Å². The van der Waals surface area contributed by atoms with Crippen LogP contribution in [0.25, 0.3) is 16.9 Å². The maximum atomic E-state index is 12.7. The van der Waals surface area contributed by atoms with Crippen molar-refractivity contribution in [2.24, 2.45) is 5.10 Å². The number of anilines is 1. The molecule has 4 aromatic carbocycles. The van der Waals surface area contributed by atoms with E-state index in [1.807, 2.05) is 67.7 Å². The molecule has 0 saturated heterocycles. The third kappa shape index (κ3) is 6.11. The minimum atomic E-state index is -3.72. The predicted molar refractivity (Wildman–Crippen MR) is 152 cm³/mol. The number of nitrogens with one attached hydrogen (secondary N) is 2. The number of sulfonamides is 1. The average Bonchev–Trinajstić information content (AvgIpc) is 3.39. The van der Waals surface area contributed by atoms with Gasteiger partial charge in [0.2, 0.25) is 0 Å². The number of carbonyl (C=O) groups excluding carboxylic acids is 1. The van der Waals surface area contributed by atoms with Gasteiger partial charge in [-0.3, -0.25) is 9.52 Å².